The predicted molar refractivity (Wildman–Crippen MR) is 125 cm³/mol. The Morgan fingerprint density at radius 2 is 1.03 bits per heavy atom. The molecule has 2 heteroatoms. The molecule has 0 radical (unpaired) electrons. The molecule has 1 unspecified atom stereocenters. The predicted octanol–water partition coefficient (Wildman–Crippen LogP) is 7.31. The Morgan fingerprint density at radius 1 is 0.621 bits per heavy atom. The van der Waals surface area contributed by atoms with Crippen LogP contribution >= 0.6 is 0 Å². The molecule has 2 nitrogen and oxygen atoms in total. The quantitative estimate of drug-likeness (QED) is 0.339. The largest absolute Gasteiger partial charge is 0.393 e. The molecule has 0 spiro atoms. The van der Waals surface area contributed by atoms with Gasteiger partial charge in [0, 0.05) is 12.1 Å². The first-order chi connectivity index (χ1) is 14.1. The van der Waals surface area contributed by atoms with Crippen molar-refractivity contribution in [3.63, 3.8) is 0 Å². The van der Waals surface area contributed by atoms with Crippen LogP contribution in [0.3, 0.4) is 0 Å². The highest BCUT2D eigenvalue weighted by Crippen LogP contribution is 2.30. The molecule has 2 aromatic rings. The monoisotopic (exact) mass is 395 g/mol. The molecule has 0 aliphatic rings. The summed E-state index contributed by atoms with van der Waals surface area (Å²) in [5.41, 5.74) is 2.79. The van der Waals surface area contributed by atoms with E-state index in [4.69, 9.17) is 0 Å². The van der Waals surface area contributed by atoms with E-state index in [9.17, 15) is 5.11 Å². The standard InChI is InChI=1S/C27H41NO/c1-23(29)17-11-7-5-4-6-8-16-22-28(24(2)26-18-12-9-13-19-26)25(3)27-20-14-10-15-21-27/h9-10,12-15,18-21,23-25,29H,4-8,11,16-17,22H2,1-3H3/t23?,24-,25-/m1/s1. The zero-order valence-corrected chi connectivity index (χ0v) is 18.8. The van der Waals surface area contributed by atoms with Gasteiger partial charge in [0.25, 0.3) is 0 Å². The summed E-state index contributed by atoms with van der Waals surface area (Å²) in [5, 5.41) is 9.33. The first kappa shape index (κ1) is 23.6. The molecule has 29 heavy (non-hydrogen) atoms. The summed E-state index contributed by atoms with van der Waals surface area (Å²) in [6, 6.07) is 22.6. The summed E-state index contributed by atoms with van der Waals surface area (Å²) in [6.07, 6.45) is 9.73. The summed E-state index contributed by atoms with van der Waals surface area (Å²) >= 11 is 0. The highest BCUT2D eigenvalue weighted by molar-refractivity contribution is 5.22. The lowest BCUT2D eigenvalue weighted by Crippen LogP contribution is -2.31. The molecule has 0 saturated carbocycles. The number of rotatable bonds is 14. The Morgan fingerprint density at radius 3 is 1.48 bits per heavy atom. The van der Waals surface area contributed by atoms with E-state index in [1.165, 1.54) is 49.7 Å². The van der Waals surface area contributed by atoms with Crippen LogP contribution in [0.15, 0.2) is 60.7 Å². The van der Waals surface area contributed by atoms with Crippen LogP contribution in [0.1, 0.15) is 95.3 Å². The Bertz CT molecular complexity index is 595. The van der Waals surface area contributed by atoms with Gasteiger partial charge >= 0.3 is 0 Å². The molecule has 3 atom stereocenters. The third-order valence-electron chi connectivity index (χ3n) is 6.10. The van der Waals surface area contributed by atoms with Gasteiger partial charge in [-0.15, -0.1) is 0 Å². The van der Waals surface area contributed by atoms with Crippen LogP contribution < -0.4 is 0 Å². The van der Waals surface area contributed by atoms with E-state index in [1.54, 1.807) is 0 Å². The Hall–Kier alpha value is -1.64. The molecular formula is C27H41NO. The summed E-state index contributed by atoms with van der Waals surface area (Å²) in [6.45, 7) is 7.71. The summed E-state index contributed by atoms with van der Waals surface area (Å²) in [7, 11) is 0. The van der Waals surface area contributed by atoms with E-state index < -0.39 is 0 Å². The highest BCUT2D eigenvalue weighted by atomic mass is 16.3. The van der Waals surface area contributed by atoms with Crippen molar-refractivity contribution in [3.8, 4) is 0 Å². The van der Waals surface area contributed by atoms with Crippen LogP contribution in [0.5, 0.6) is 0 Å². The van der Waals surface area contributed by atoms with E-state index in [1.807, 2.05) is 6.92 Å². The third-order valence-corrected chi connectivity index (χ3v) is 6.10. The number of hydrogen-bond acceptors (Lipinski definition) is 2. The molecule has 160 valence electrons. The minimum Gasteiger partial charge on any atom is -0.393 e. The summed E-state index contributed by atoms with van der Waals surface area (Å²) in [4.78, 5) is 2.66. The average molecular weight is 396 g/mol. The number of unbranched alkanes of at least 4 members (excludes halogenated alkanes) is 6. The molecule has 1 N–H and O–H groups in total. The van der Waals surface area contributed by atoms with Gasteiger partial charge in [-0.3, -0.25) is 4.90 Å². The molecule has 0 aliphatic carbocycles. The molecule has 0 heterocycles. The van der Waals surface area contributed by atoms with Gasteiger partial charge in [0.05, 0.1) is 6.10 Å². The van der Waals surface area contributed by atoms with Gasteiger partial charge in [0.2, 0.25) is 0 Å². The van der Waals surface area contributed by atoms with Crippen molar-refractivity contribution in [2.45, 2.75) is 90.3 Å². The number of hydrogen-bond donors (Lipinski definition) is 1. The fourth-order valence-corrected chi connectivity index (χ4v) is 4.19. The molecular weight excluding hydrogens is 354 g/mol. The average Bonchev–Trinajstić information content (AvgIpc) is 2.75. The van der Waals surface area contributed by atoms with E-state index >= 15 is 0 Å². The number of nitrogens with zero attached hydrogens (tertiary/aromatic N) is 1. The van der Waals surface area contributed by atoms with Crippen molar-refractivity contribution >= 4 is 0 Å². The van der Waals surface area contributed by atoms with Crippen LogP contribution in [0.25, 0.3) is 0 Å². The molecule has 0 fully saturated rings. The molecule has 2 rings (SSSR count). The molecule has 2 aromatic carbocycles. The van der Waals surface area contributed by atoms with Crippen molar-refractivity contribution in [1.29, 1.82) is 0 Å². The van der Waals surface area contributed by atoms with Crippen molar-refractivity contribution in [3.05, 3.63) is 71.8 Å². The van der Waals surface area contributed by atoms with Crippen molar-refractivity contribution in [2.75, 3.05) is 6.54 Å². The second-order valence-electron chi connectivity index (χ2n) is 8.52. The lowest BCUT2D eigenvalue weighted by molar-refractivity contribution is 0.150. The van der Waals surface area contributed by atoms with Crippen LogP contribution in [-0.2, 0) is 0 Å². The third kappa shape index (κ3) is 8.72. The second kappa shape index (κ2) is 13.6. The number of aliphatic hydroxyl groups is 1. The van der Waals surface area contributed by atoms with Crippen molar-refractivity contribution in [1.82, 2.24) is 4.90 Å². The van der Waals surface area contributed by atoms with Crippen LogP contribution in [-0.4, -0.2) is 22.7 Å². The smallest absolute Gasteiger partial charge is 0.0512 e. The maximum absolute atomic E-state index is 9.33. The van der Waals surface area contributed by atoms with Gasteiger partial charge in [-0.25, -0.2) is 0 Å². The first-order valence-corrected chi connectivity index (χ1v) is 11.6. The van der Waals surface area contributed by atoms with Gasteiger partial charge in [-0.05, 0) is 51.3 Å². The maximum Gasteiger partial charge on any atom is 0.0512 e. The summed E-state index contributed by atoms with van der Waals surface area (Å²) in [5.74, 6) is 0. The molecule has 0 aromatic heterocycles. The SMILES string of the molecule is CC(O)CCCCCCCCCN([C@H](C)c1ccccc1)[C@H](C)c1ccccc1. The lowest BCUT2D eigenvalue weighted by Gasteiger charge is -2.35. The van der Waals surface area contributed by atoms with Gasteiger partial charge < -0.3 is 5.11 Å². The topological polar surface area (TPSA) is 23.5 Å². The minimum absolute atomic E-state index is 0.140. The molecule has 0 bridgehead atoms. The molecule has 0 amide bonds. The van der Waals surface area contributed by atoms with Gasteiger partial charge in [-0.1, -0.05) is 99.2 Å². The first-order valence-electron chi connectivity index (χ1n) is 11.6. The van der Waals surface area contributed by atoms with Crippen molar-refractivity contribution < 1.29 is 5.11 Å². The highest BCUT2D eigenvalue weighted by Gasteiger charge is 2.22. The maximum atomic E-state index is 9.33. The fourth-order valence-electron chi connectivity index (χ4n) is 4.19. The van der Waals surface area contributed by atoms with E-state index in [2.05, 4.69) is 79.4 Å². The van der Waals surface area contributed by atoms with Crippen LogP contribution in [0.2, 0.25) is 0 Å². The Balaban J connectivity index is 1.83. The Kier molecular flexibility index (Phi) is 11.1. The van der Waals surface area contributed by atoms with Crippen molar-refractivity contribution in [2.24, 2.45) is 0 Å². The fraction of sp³-hybridized carbons (Fsp3) is 0.556. The van der Waals surface area contributed by atoms with Gasteiger partial charge in [-0.2, -0.15) is 0 Å². The number of aliphatic hydroxyl groups excluding tert-OH is 1. The molecule has 0 aliphatic heterocycles. The lowest BCUT2D eigenvalue weighted by atomic mass is 10.00. The zero-order chi connectivity index (χ0) is 20.9. The molecule has 0 saturated heterocycles. The van der Waals surface area contributed by atoms with E-state index in [0.29, 0.717) is 12.1 Å². The summed E-state index contributed by atoms with van der Waals surface area (Å²) < 4.78 is 0. The van der Waals surface area contributed by atoms with E-state index in [0.717, 1.165) is 19.4 Å². The zero-order valence-electron chi connectivity index (χ0n) is 18.8. The van der Waals surface area contributed by atoms with Gasteiger partial charge in [0.1, 0.15) is 0 Å². The number of benzene rings is 2. The van der Waals surface area contributed by atoms with Gasteiger partial charge in [0.15, 0.2) is 0 Å². The van der Waals surface area contributed by atoms with E-state index in [-0.39, 0.29) is 6.10 Å². The van der Waals surface area contributed by atoms with Crippen LogP contribution in [0, 0.1) is 0 Å². The normalized spacial score (nSPS) is 14.7. The van der Waals surface area contributed by atoms with Crippen LogP contribution in [0.4, 0.5) is 0 Å². The Labute approximate surface area is 179 Å². The minimum atomic E-state index is -0.140. The second-order valence-corrected chi connectivity index (χ2v) is 8.52.